The Morgan fingerprint density at radius 1 is 1.26 bits per heavy atom. The Kier molecular flexibility index (Phi) is 6.24. The Labute approximate surface area is 191 Å². The molecular formula is C24H27ClN2O3S. The van der Waals surface area contributed by atoms with E-state index in [-0.39, 0.29) is 17.4 Å². The van der Waals surface area contributed by atoms with E-state index in [1.54, 1.807) is 24.1 Å². The van der Waals surface area contributed by atoms with Crippen molar-refractivity contribution in [1.29, 1.82) is 0 Å². The van der Waals surface area contributed by atoms with E-state index in [4.69, 9.17) is 26.1 Å². The number of amides is 1. The minimum Gasteiger partial charge on any atom is -0.494 e. The van der Waals surface area contributed by atoms with Gasteiger partial charge in [-0.2, -0.15) is 0 Å². The van der Waals surface area contributed by atoms with Crippen molar-refractivity contribution < 1.29 is 14.3 Å². The van der Waals surface area contributed by atoms with E-state index < -0.39 is 0 Å². The number of nitrogens with zero attached hydrogens (tertiary/aromatic N) is 2. The summed E-state index contributed by atoms with van der Waals surface area (Å²) in [6, 6.07) is 11.4. The van der Waals surface area contributed by atoms with Crippen molar-refractivity contribution in [3.05, 3.63) is 52.5 Å². The van der Waals surface area contributed by atoms with Crippen molar-refractivity contribution in [2.45, 2.75) is 45.1 Å². The lowest BCUT2D eigenvalue weighted by Crippen LogP contribution is -2.37. The molecule has 0 spiro atoms. The molecule has 0 saturated carbocycles. The molecule has 1 aromatic heterocycles. The summed E-state index contributed by atoms with van der Waals surface area (Å²) in [5.74, 6) is 0.547. The van der Waals surface area contributed by atoms with Gasteiger partial charge >= 0.3 is 0 Å². The van der Waals surface area contributed by atoms with Crippen LogP contribution in [0.4, 0.5) is 5.13 Å². The van der Waals surface area contributed by atoms with E-state index in [1.807, 2.05) is 24.3 Å². The average molecular weight is 459 g/mol. The summed E-state index contributed by atoms with van der Waals surface area (Å²) in [5.41, 5.74) is 2.51. The molecule has 1 unspecified atom stereocenters. The van der Waals surface area contributed by atoms with Crippen molar-refractivity contribution in [2.75, 3.05) is 25.2 Å². The summed E-state index contributed by atoms with van der Waals surface area (Å²) >= 11 is 7.82. The quantitative estimate of drug-likeness (QED) is 0.464. The van der Waals surface area contributed by atoms with E-state index in [0.29, 0.717) is 33.5 Å². The molecule has 2 heterocycles. The normalized spacial score (nSPS) is 16.6. The number of aromatic nitrogens is 1. The van der Waals surface area contributed by atoms with Crippen LogP contribution in [0.1, 0.15) is 49.5 Å². The van der Waals surface area contributed by atoms with Crippen LogP contribution in [0.15, 0.2) is 36.4 Å². The largest absolute Gasteiger partial charge is 0.494 e. The van der Waals surface area contributed by atoms with Gasteiger partial charge in [0, 0.05) is 12.2 Å². The van der Waals surface area contributed by atoms with Crippen LogP contribution in [-0.2, 0) is 10.2 Å². The monoisotopic (exact) mass is 458 g/mol. The smallest absolute Gasteiger partial charge is 0.260 e. The molecule has 31 heavy (non-hydrogen) atoms. The Hall–Kier alpha value is -2.15. The molecule has 0 bridgehead atoms. The second-order valence-electron chi connectivity index (χ2n) is 8.80. The summed E-state index contributed by atoms with van der Waals surface area (Å²) in [6.07, 6.45) is 1.94. The Morgan fingerprint density at radius 3 is 2.61 bits per heavy atom. The molecule has 1 saturated heterocycles. The highest BCUT2D eigenvalue weighted by Crippen LogP contribution is 2.39. The first kappa shape index (κ1) is 22.1. The molecule has 2 aromatic carbocycles. The van der Waals surface area contributed by atoms with Crippen molar-refractivity contribution in [3.63, 3.8) is 0 Å². The molecule has 1 aliphatic rings. The first-order chi connectivity index (χ1) is 14.8. The summed E-state index contributed by atoms with van der Waals surface area (Å²) in [5, 5.41) is 1.19. The van der Waals surface area contributed by atoms with Gasteiger partial charge in [0.1, 0.15) is 11.3 Å². The van der Waals surface area contributed by atoms with Gasteiger partial charge in [-0.15, -0.1) is 0 Å². The first-order valence-corrected chi connectivity index (χ1v) is 11.6. The molecular weight excluding hydrogens is 432 g/mol. The Balaban J connectivity index is 1.73. The van der Waals surface area contributed by atoms with Gasteiger partial charge in [-0.05, 0) is 48.1 Å². The van der Waals surface area contributed by atoms with Crippen molar-refractivity contribution in [2.24, 2.45) is 0 Å². The number of thiazole rings is 1. The molecule has 1 atom stereocenters. The van der Waals surface area contributed by atoms with Crippen molar-refractivity contribution in [1.82, 2.24) is 4.98 Å². The molecule has 0 radical (unpaired) electrons. The number of rotatable bonds is 5. The molecule has 0 aliphatic carbocycles. The van der Waals surface area contributed by atoms with Crippen LogP contribution in [0, 0.1) is 0 Å². The minimum absolute atomic E-state index is 0.00202. The van der Waals surface area contributed by atoms with Crippen LogP contribution in [0.25, 0.3) is 10.2 Å². The highest BCUT2D eigenvalue weighted by Gasteiger charge is 2.28. The third kappa shape index (κ3) is 4.56. The number of fused-ring (bicyclic) bond motifs is 1. The zero-order chi connectivity index (χ0) is 22.2. The van der Waals surface area contributed by atoms with Crippen LogP contribution in [0.2, 0.25) is 5.02 Å². The lowest BCUT2D eigenvalue weighted by molar-refractivity contribution is 0.0917. The van der Waals surface area contributed by atoms with Gasteiger partial charge in [0.2, 0.25) is 0 Å². The second kappa shape index (κ2) is 8.77. The fourth-order valence-electron chi connectivity index (χ4n) is 3.73. The predicted octanol–water partition coefficient (Wildman–Crippen LogP) is 6.08. The van der Waals surface area contributed by atoms with Gasteiger partial charge in [0.25, 0.3) is 5.91 Å². The number of carbonyl (C=O) groups excluding carboxylic acids is 1. The Bertz CT molecular complexity index is 1080. The topological polar surface area (TPSA) is 51.7 Å². The molecule has 164 valence electrons. The molecule has 1 amide bonds. The summed E-state index contributed by atoms with van der Waals surface area (Å²) in [4.78, 5) is 20.1. The van der Waals surface area contributed by atoms with Crippen LogP contribution in [0.3, 0.4) is 0 Å². The van der Waals surface area contributed by atoms with E-state index in [2.05, 4.69) is 20.8 Å². The fraction of sp³-hybridized carbons (Fsp3) is 0.417. The van der Waals surface area contributed by atoms with Crippen molar-refractivity contribution in [3.8, 4) is 5.75 Å². The molecule has 4 rings (SSSR count). The van der Waals surface area contributed by atoms with Gasteiger partial charge in [-0.25, -0.2) is 4.98 Å². The summed E-state index contributed by atoms with van der Waals surface area (Å²) < 4.78 is 12.1. The highest BCUT2D eigenvalue weighted by molar-refractivity contribution is 7.23. The number of benzene rings is 2. The van der Waals surface area contributed by atoms with E-state index >= 15 is 0 Å². The van der Waals surface area contributed by atoms with Crippen LogP contribution in [-0.4, -0.2) is 37.3 Å². The zero-order valence-corrected chi connectivity index (χ0v) is 19.8. The maximum Gasteiger partial charge on any atom is 0.260 e. The summed E-state index contributed by atoms with van der Waals surface area (Å²) in [6.45, 7) is 7.66. The van der Waals surface area contributed by atoms with Crippen LogP contribution in [0.5, 0.6) is 5.75 Å². The molecule has 1 aliphatic heterocycles. The molecule has 0 N–H and O–H groups in total. The van der Waals surface area contributed by atoms with Gasteiger partial charge < -0.3 is 9.47 Å². The summed E-state index contributed by atoms with van der Waals surface area (Å²) in [7, 11) is 1.60. The zero-order valence-electron chi connectivity index (χ0n) is 18.3. The van der Waals surface area contributed by atoms with E-state index in [0.717, 1.165) is 24.1 Å². The van der Waals surface area contributed by atoms with Gasteiger partial charge in [-0.3, -0.25) is 9.69 Å². The van der Waals surface area contributed by atoms with E-state index in [9.17, 15) is 4.79 Å². The van der Waals surface area contributed by atoms with Gasteiger partial charge in [0.05, 0.1) is 29.5 Å². The SMILES string of the molecule is COc1ccc(Cl)c2sc(N(CC3CCCO3)C(=O)c3ccc(C(C)(C)C)cc3)nc12. The fourth-order valence-corrected chi connectivity index (χ4v) is 4.99. The average Bonchev–Trinajstić information content (AvgIpc) is 3.42. The number of hydrogen-bond donors (Lipinski definition) is 0. The van der Waals surface area contributed by atoms with Crippen LogP contribution >= 0.6 is 22.9 Å². The number of halogens is 1. The standard InChI is InChI=1S/C24H27ClN2O3S/c1-24(2,3)16-9-7-15(8-10-16)22(28)27(14-17-6-5-13-30-17)23-26-20-19(29-4)12-11-18(25)21(20)31-23/h7-12,17H,5-6,13-14H2,1-4H3. The third-order valence-electron chi connectivity index (χ3n) is 5.55. The van der Waals surface area contributed by atoms with Gasteiger partial charge in [0.15, 0.2) is 5.13 Å². The lowest BCUT2D eigenvalue weighted by Gasteiger charge is -2.24. The Morgan fingerprint density at radius 2 is 2.00 bits per heavy atom. The maximum absolute atomic E-state index is 13.6. The first-order valence-electron chi connectivity index (χ1n) is 10.4. The minimum atomic E-state index is -0.0925. The molecule has 1 fully saturated rings. The van der Waals surface area contributed by atoms with Crippen LogP contribution < -0.4 is 9.64 Å². The molecule has 7 heteroatoms. The molecule has 5 nitrogen and oxygen atoms in total. The third-order valence-corrected chi connectivity index (χ3v) is 7.09. The lowest BCUT2D eigenvalue weighted by atomic mass is 9.86. The molecule has 3 aromatic rings. The number of anilines is 1. The number of ether oxygens (including phenoxy) is 2. The number of hydrogen-bond acceptors (Lipinski definition) is 5. The van der Waals surface area contributed by atoms with E-state index in [1.165, 1.54) is 16.9 Å². The second-order valence-corrected chi connectivity index (χ2v) is 10.2. The van der Waals surface area contributed by atoms with Gasteiger partial charge in [-0.1, -0.05) is 55.8 Å². The highest BCUT2D eigenvalue weighted by atomic mass is 35.5. The van der Waals surface area contributed by atoms with Crippen molar-refractivity contribution >= 4 is 44.2 Å². The maximum atomic E-state index is 13.6. The number of carbonyl (C=O) groups is 1. The number of methoxy groups -OCH3 is 1. The predicted molar refractivity (Wildman–Crippen MR) is 127 cm³/mol.